The Balaban J connectivity index is 2.06. The normalized spacial score (nSPS) is 14.2. The molecule has 3 rings (SSSR count). The van der Waals surface area contributed by atoms with Gasteiger partial charge in [-0.1, -0.05) is 12.1 Å². The van der Waals surface area contributed by atoms with E-state index in [1.165, 1.54) is 36.0 Å². The topological polar surface area (TPSA) is 12.9 Å². The molecule has 1 heterocycles. The third-order valence-electron chi connectivity index (χ3n) is 2.84. The van der Waals surface area contributed by atoms with Crippen molar-refractivity contribution in [3.8, 4) is 10.6 Å². The Morgan fingerprint density at radius 3 is 2.87 bits per heavy atom. The summed E-state index contributed by atoms with van der Waals surface area (Å²) in [6.07, 6.45) is 3.77. The summed E-state index contributed by atoms with van der Waals surface area (Å²) in [6.45, 7) is 0. The molecular weight excluding hydrogens is 222 g/mol. The fourth-order valence-electron chi connectivity index (χ4n) is 2.10. The zero-order valence-corrected chi connectivity index (χ0v) is 9.94. The summed E-state index contributed by atoms with van der Waals surface area (Å²) in [5.41, 5.74) is 4.26. The maximum atomic E-state index is 4.39. The zero-order chi connectivity index (χ0) is 10.3. The molecule has 1 aromatic heterocycles. The summed E-state index contributed by atoms with van der Waals surface area (Å²) in [5.74, 6) is 0. The smallest absolute Gasteiger partial charge is 0.124 e. The fraction of sp³-hybridized carbons (Fsp3) is 0.250. The van der Waals surface area contributed by atoms with Crippen LogP contribution in [0.4, 0.5) is 0 Å². The molecule has 2 aromatic rings. The first-order valence-corrected chi connectivity index (χ1v) is 6.42. The molecule has 1 aliphatic carbocycles. The molecule has 0 amide bonds. The van der Waals surface area contributed by atoms with Crippen LogP contribution < -0.4 is 0 Å². The predicted molar refractivity (Wildman–Crippen MR) is 66.8 cm³/mol. The van der Waals surface area contributed by atoms with Gasteiger partial charge in [-0.05, 0) is 36.5 Å². The van der Waals surface area contributed by atoms with Crippen molar-refractivity contribution in [2.45, 2.75) is 24.3 Å². The number of aryl methyl sites for hydroxylation is 2. The van der Waals surface area contributed by atoms with Gasteiger partial charge in [0, 0.05) is 10.9 Å². The largest absolute Gasteiger partial charge is 0.230 e. The number of hydrogen-bond acceptors (Lipinski definition) is 3. The highest BCUT2D eigenvalue weighted by atomic mass is 32.1. The van der Waals surface area contributed by atoms with Crippen LogP contribution in [-0.2, 0) is 12.8 Å². The fourth-order valence-corrected chi connectivity index (χ4v) is 3.11. The van der Waals surface area contributed by atoms with E-state index in [-0.39, 0.29) is 0 Å². The minimum atomic E-state index is 0.815. The average Bonchev–Trinajstić information content (AvgIpc) is 2.84. The lowest BCUT2D eigenvalue weighted by molar-refractivity contribution is 0.912. The van der Waals surface area contributed by atoms with Gasteiger partial charge in [0.2, 0.25) is 0 Å². The Morgan fingerprint density at radius 2 is 2.07 bits per heavy atom. The molecule has 0 N–H and O–H groups in total. The van der Waals surface area contributed by atoms with Gasteiger partial charge in [0.25, 0.3) is 0 Å². The van der Waals surface area contributed by atoms with Gasteiger partial charge >= 0.3 is 0 Å². The first-order chi connectivity index (χ1) is 7.33. The van der Waals surface area contributed by atoms with Crippen molar-refractivity contribution < 1.29 is 0 Å². The predicted octanol–water partition coefficient (Wildman–Crippen LogP) is 3.59. The van der Waals surface area contributed by atoms with Crippen molar-refractivity contribution in [2.75, 3.05) is 0 Å². The summed E-state index contributed by atoms with van der Waals surface area (Å²) in [4.78, 5) is 4.39. The highest BCUT2D eigenvalue weighted by molar-refractivity contribution is 7.80. The lowest BCUT2D eigenvalue weighted by Crippen LogP contribution is -1.83. The van der Waals surface area contributed by atoms with Gasteiger partial charge in [-0.3, -0.25) is 0 Å². The van der Waals surface area contributed by atoms with Crippen LogP contribution in [0.15, 0.2) is 28.6 Å². The van der Waals surface area contributed by atoms with Crippen molar-refractivity contribution >= 4 is 24.0 Å². The Kier molecular flexibility index (Phi) is 2.29. The minimum absolute atomic E-state index is 0.815. The molecule has 0 fully saturated rings. The second-order valence-electron chi connectivity index (χ2n) is 3.85. The van der Waals surface area contributed by atoms with E-state index in [9.17, 15) is 0 Å². The molecule has 0 spiro atoms. The molecule has 0 aliphatic heterocycles. The quantitative estimate of drug-likeness (QED) is 0.743. The van der Waals surface area contributed by atoms with Crippen LogP contribution in [-0.4, -0.2) is 4.98 Å². The van der Waals surface area contributed by atoms with Crippen LogP contribution in [0.2, 0.25) is 0 Å². The number of benzene rings is 1. The van der Waals surface area contributed by atoms with E-state index < -0.39 is 0 Å². The van der Waals surface area contributed by atoms with E-state index in [0.29, 0.717) is 0 Å². The molecule has 0 radical (unpaired) electrons. The van der Waals surface area contributed by atoms with E-state index in [1.54, 1.807) is 11.3 Å². The molecule has 0 saturated heterocycles. The molecule has 0 unspecified atom stereocenters. The summed E-state index contributed by atoms with van der Waals surface area (Å²) in [6, 6.07) is 6.71. The number of fused-ring (bicyclic) bond motifs is 1. The monoisotopic (exact) mass is 233 g/mol. The van der Waals surface area contributed by atoms with Crippen LogP contribution in [0.1, 0.15) is 17.5 Å². The third-order valence-corrected chi connectivity index (χ3v) is 4.13. The van der Waals surface area contributed by atoms with Crippen LogP contribution in [0.25, 0.3) is 10.6 Å². The number of thiazole rings is 1. The molecule has 3 heteroatoms. The van der Waals surface area contributed by atoms with Gasteiger partial charge in [-0.15, -0.1) is 24.0 Å². The van der Waals surface area contributed by atoms with Crippen molar-refractivity contribution in [1.82, 2.24) is 4.98 Å². The number of thiol groups is 1. The Morgan fingerprint density at radius 1 is 1.20 bits per heavy atom. The second-order valence-corrected chi connectivity index (χ2v) is 5.16. The van der Waals surface area contributed by atoms with Gasteiger partial charge in [0.05, 0.1) is 0 Å². The Hall–Kier alpha value is -0.800. The average molecular weight is 233 g/mol. The van der Waals surface area contributed by atoms with E-state index in [0.717, 1.165) is 10.0 Å². The number of rotatable bonds is 1. The molecule has 1 aliphatic rings. The minimum Gasteiger partial charge on any atom is -0.230 e. The lowest BCUT2D eigenvalue weighted by atomic mass is 10.1. The van der Waals surface area contributed by atoms with Crippen LogP contribution in [0.3, 0.4) is 0 Å². The van der Waals surface area contributed by atoms with Gasteiger partial charge in [-0.25, -0.2) is 4.98 Å². The van der Waals surface area contributed by atoms with Crippen molar-refractivity contribution in [3.05, 3.63) is 34.7 Å². The van der Waals surface area contributed by atoms with Crippen molar-refractivity contribution in [3.63, 3.8) is 0 Å². The number of aromatic nitrogens is 1. The summed E-state index contributed by atoms with van der Waals surface area (Å²) < 4.78 is 0. The zero-order valence-electron chi connectivity index (χ0n) is 8.23. The van der Waals surface area contributed by atoms with E-state index in [1.807, 2.05) is 5.38 Å². The maximum absolute atomic E-state index is 4.39. The third kappa shape index (κ3) is 1.70. The maximum Gasteiger partial charge on any atom is 0.124 e. The summed E-state index contributed by atoms with van der Waals surface area (Å²) in [5, 5.41) is 3.87. The first kappa shape index (κ1) is 9.43. The van der Waals surface area contributed by atoms with Gasteiger partial charge in [0.15, 0.2) is 0 Å². The lowest BCUT2D eigenvalue weighted by Gasteiger charge is -2.01. The number of nitrogens with zero attached hydrogens (tertiary/aromatic N) is 1. The SMILES string of the molecule is Sc1csc(-c2ccc3c(c2)CCC3)n1. The standard InChI is InChI=1S/C12H11NS2/c14-11-7-15-12(13-11)10-5-4-8-2-1-3-9(8)6-10/h4-7,14H,1-3H2. The van der Waals surface area contributed by atoms with Crippen molar-refractivity contribution in [2.24, 2.45) is 0 Å². The second kappa shape index (κ2) is 3.65. The van der Waals surface area contributed by atoms with Gasteiger partial charge in [-0.2, -0.15) is 0 Å². The Bertz CT molecular complexity index is 502. The van der Waals surface area contributed by atoms with Crippen LogP contribution in [0.5, 0.6) is 0 Å². The van der Waals surface area contributed by atoms with E-state index in [2.05, 4.69) is 35.8 Å². The summed E-state index contributed by atoms with van der Waals surface area (Å²) >= 11 is 5.90. The van der Waals surface area contributed by atoms with E-state index >= 15 is 0 Å². The molecule has 0 bridgehead atoms. The first-order valence-electron chi connectivity index (χ1n) is 5.09. The highest BCUT2D eigenvalue weighted by Gasteiger charge is 2.12. The van der Waals surface area contributed by atoms with Gasteiger partial charge < -0.3 is 0 Å². The molecule has 76 valence electrons. The summed E-state index contributed by atoms with van der Waals surface area (Å²) in [7, 11) is 0. The highest BCUT2D eigenvalue weighted by Crippen LogP contribution is 2.30. The van der Waals surface area contributed by atoms with Gasteiger partial charge in [0.1, 0.15) is 10.0 Å². The molecule has 0 atom stereocenters. The molecule has 1 aromatic carbocycles. The van der Waals surface area contributed by atoms with Crippen LogP contribution >= 0.6 is 24.0 Å². The number of hydrogen-bond donors (Lipinski definition) is 1. The van der Waals surface area contributed by atoms with E-state index in [4.69, 9.17) is 0 Å². The molecule has 15 heavy (non-hydrogen) atoms. The van der Waals surface area contributed by atoms with Crippen molar-refractivity contribution in [1.29, 1.82) is 0 Å². The molecule has 1 nitrogen and oxygen atoms in total. The molecule has 0 saturated carbocycles. The molecular formula is C12H11NS2. The Labute approximate surface area is 98.6 Å². The van der Waals surface area contributed by atoms with Crippen LogP contribution in [0, 0.1) is 0 Å².